The number of hydrogen-bond donors (Lipinski definition) is 1. The number of para-hydroxylation sites is 1. The molecule has 2 aromatic carbocycles. The van der Waals surface area contributed by atoms with E-state index in [0.717, 1.165) is 24.6 Å². The molecular formula is C20H20ClF3N2O. The second kappa shape index (κ2) is 8.31. The third-order valence-corrected chi connectivity index (χ3v) is 5.09. The minimum atomic E-state index is -4.51. The highest BCUT2D eigenvalue weighted by atomic mass is 35.5. The lowest BCUT2D eigenvalue weighted by Crippen LogP contribution is -2.40. The maximum absolute atomic E-state index is 13.1. The van der Waals surface area contributed by atoms with Crippen molar-refractivity contribution in [2.75, 3.05) is 18.4 Å². The summed E-state index contributed by atoms with van der Waals surface area (Å²) in [5.41, 5.74) is -0.0528. The van der Waals surface area contributed by atoms with E-state index in [1.807, 2.05) is 24.3 Å². The molecule has 0 saturated carbocycles. The maximum Gasteiger partial charge on any atom is 0.418 e. The SMILES string of the molecule is O=C(Nc1ccccc1C(F)(F)F)[C@H]1CCCN(Cc2ccccc2Cl)C1. The first-order valence-corrected chi connectivity index (χ1v) is 9.15. The normalized spacial score (nSPS) is 18.3. The predicted octanol–water partition coefficient (Wildman–Crippen LogP) is 5.21. The van der Waals surface area contributed by atoms with E-state index in [4.69, 9.17) is 11.6 Å². The van der Waals surface area contributed by atoms with Gasteiger partial charge in [-0.2, -0.15) is 13.2 Å². The summed E-state index contributed by atoms with van der Waals surface area (Å²) >= 11 is 6.20. The average Bonchev–Trinajstić information content (AvgIpc) is 2.63. The highest BCUT2D eigenvalue weighted by Gasteiger charge is 2.34. The van der Waals surface area contributed by atoms with Gasteiger partial charge in [-0.15, -0.1) is 0 Å². The summed E-state index contributed by atoms with van der Waals surface area (Å²) in [6.07, 6.45) is -3.05. The number of benzene rings is 2. The Labute approximate surface area is 161 Å². The molecule has 27 heavy (non-hydrogen) atoms. The first kappa shape index (κ1) is 19.7. The molecule has 7 heteroatoms. The third kappa shape index (κ3) is 5.02. The predicted molar refractivity (Wildman–Crippen MR) is 99.5 cm³/mol. The van der Waals surface area contributed by atoms with Gasteiger partial charge in [-0.25, -0.2) is 0 Å². The molecule has 1 N–H and O–H groups in total. The molecule has 1 amide bonds. The van der Waals surface area contributed by atoms with Gasteiger partial charge in [-0.1, -0.05) is 41.9 Å². The Morgan fingerprint density at radius 1 is 1.15 bits per heavy atom. The van der Waals surface area contributed by atoms with Gasteiger partial charge < -0.3 is 5.32 Å². The number of nitrogens with zero attached hydrogens (tertiary/aromatic N) is 1. The molecule has 1 aliphatic rings. The number of anilines is 1. The largest absolute Gasteiger partial charge is 0.418 e. The molecule has 0 aliphatic carbocycles. The summed E-state index contributed by atoms with van der Waals surface area (Å²) in [7, 11) is 0. The van der Waals surface area contributed by atoms with E-state index in [1.165, 1.54) is 18.2 Å². The zero-order chi connectivity index (χ0) is 19.4. The number of amides is 1. The van der Waals surface area contributed by atoms with Crippen LogP contribution in [0.25, 0.3) is 0 Å². The van der Waals surface area contributed by atoms with E-state index in [0.29, 0.717) is 24.5 Å². The van der Waals surface area contributed by atoms with Crippen molar-refractivity contribution in [3.05, 3.63) is 64.7 Å². The molecule has 144 valence electrons. The number of carbonyl (C=O) groups excluding carboxylic acids is 1. The molecule has 2 aromatic rings. The molecule has 0 radical (unpaired) electrons. The molecule has 0 unspecified atom stereocenters. The molecule has 3 rings (SSSR count). The maximum atomic E-state index is 13.1. The summed E-state index contributed by atoms with van der Waals surface area (Å²) < 4.78 is 39.3. The highest BCUT2D eigenvalue weighted by molar-refractivity contribution is 6.31. The van der Waals surface area contributed by atoms with Crippen LogP contribution in [0, 0.1) is 5.92 Å². The fraction of sp³-hybridized carbons (Fsp3) is 0.350. The Balaban J connectivity index is 1.67. The summed E-state index contributed by atoms with van der Waals surface area (Å²) in [5.74, 6) is -0.738. The van der Waals surface area contributed by atoms with Crippen molar-refractivity contribution in [2.45, 2.75) is 25.6 Å². The second-order valence-corrected chi connectivity index (χ2v) is 7.11. The summed E-state index contributed by atoms with van der Waals surface area (Å²) in [6, 6.07) is 12.6. The van der Waals surface area contributed by atoms with Crippen LogP contribution in [-0.4, -0.2) is 23.9 Å². The van der Waals surface area contributed by atoms with Gasteiger partial charge in [0.15, 0.2) is 0 Å². The quantitative estimate of drug-likeness (QED) is 0.769. The summed E-state index contributed by atoms with van der Waals surface area (Å²) in [6.45, 7) is 1.93. The monoisotopic (exact) mass is 396 g/mol. The van der Waals surface area contributed by atoms with E-state index >= 15 is 0 Å². The van der Waals surface area contributed by atoms with Crippen LogP contribution in [0.1, 0.15) is 24.0 Å². The number of halogens is 4. The van der Waals surface area contributed by atoms with Gasteiger partial charge in [-0.05, 0) is 43.1 Å². The molecule has 1 fully saturated rings. The molecule has 0 spiro atoms. The minimum absolute atomic E-state index is 0.196. The Morgan fingerprint density at radius 3 is 2.59 bits per heavy atom. The number of hydrogen-bond acceptors (Lipinski definition) is 2. The number of nitrogens with one attached hydrogen (secondary N) is 1. The van der Waals surface area contributed by atoms with Gasteiger partial charge in [0.25, 0.3) is 0 Å². The van der Waals surface area contributed by atoms with E-state index in [2.05, 4.69) is 10.2 Å². The van der Waals surface area contributed by atoms with Crippen molar-refractivity contribution in [3.8, 4) is 0 Å². The van der Waals surface area contributed by atoms with Crippen LogP contribution in [0.4, 0.5) is 18.9 Å². The lowest BCUT2D eigenvalue weighted by atomic mass is 9.96. The van der Waals surface area contributed by atoms with Crippen LogP contribution < -0.4 is 5.32 Å². The number of alkyl halides is 3. The van der Waals surface area contributed by atoms with Crippen LogP contribution in [0.3, 0.4) is 0 Å². The van der Waals surface area contributed by atoms with Crippen molar-refractivity contribution in [3.63, 3.8) is 0 Å². The third-order valence-electron chi connectivity index (χ3n) is 4.72. The number of carbonyl (C=O) groups is 1. The molecule has 0 aromatic heterocycles. The van der Waals surface area contributed by atoms with Crippen LogP contribution >= 0.6 is 11.6 Å². The zero-order valence-corrected chi connectivity index (χ0v) is 15.4. The van der Waals surface area contributed by atoms with Gasteiger partial charge in [0.05, 0.1) is 17.2 Å². The van der Waals surface area contributed by atoms with Gasteiger partial charge in [-0.3, -0.25) is 9.69 Å². The van der Waals surface area contributed by atoms with E-state index < -0.39 is 11.7 Å². The Bertz CT molecular complexity index is 810. The zero-order valence-electron chi connectivity index (χ0n) is 14.6. The van der Waals surface area contributed by atoms with Crippen molar-refractivity contribution >= 4 is 23.2 Å². The Kier molecular flexibility index (Phi) is 6.07. The first-order chi connectivity index (χ1) is 12.8. The lowest BCUT2D eigenvalue weighted by Gasteiger charge is -2.32. The van der Waals surface area contributed by atoms with Gasteiger partial charge in [0, 0.05) is 18.1 Å². The minimum Gasteiger partial charge on any atom is -0.325 e. The summed E-state index contributed by atoms with van der Waals surface area (Å²) in [5, 5.41) is 3.14. The van der Waals surface area contributed by atoms with Crippen molar-refractivity contribution in [1.29, 1.82) is 0 Å². The Morgan fingerprint density at radius 2 is 1.85 bits per heavy atom. The Hall–Kier alpha value is -2.05. The van der Waals surface area contributed by atoms with Crippen LogP contribution in [-0.2, 0) is 17.5 Å². The second-order valence-electron chi connectivity index (χ2n) is 6.70. The van der Waals surface area contributed by atoms with Gasteiger partial charge in [0.1, 0.15) is 0 Å². The number of likely N-dealkylation sites (tertiary alicyclic amines) is 1. The molecule has 1 saturated heterocycles. The molecule has 0 bridgehead atoms. The van der Waals surface area contributed by atoms with Crippen molar-refractivity contribution in [1.82, 2.24) is 4.90 Å². The topological polar surface area (TPSA) is 32.3 Å². The number of piperidine rings is 1. The van der Waals surface area contributed by atoms with Gasteiger partial charge in [0.2, 0.25) is 5.91 Å². The van der Waals surface area contributed by atoms with E-state index in [9.17, 15) is 18.0 Å². The first-order valence-electron chi connectivity index (χ1n) is 8.77. The van der Waals surface area contributed by atoms with Crippen LogP contribution in [0.15, 0.2) is 48.5 Å². The van der Waals surface area contributed by atoms with Gasteiger partial charge >= 0.3 is 6.18 Å². The lowest BCUT2D eigenvalue weighted by molar-refractivity contribution is -0.137. The standard InChI is InChI=1S/C20H20ClF3N2O/c21-17-9-3-1-6-14(17)12-26-11-5-7-15(13-26)19(27)25-18-10-4-2-8-16(18)20(22,23)24/h1-4,6,8-10,15H,5,7,11-13H2,(H,25,27)/t15-/m0/s1. The highest BCUT2D eigenvalue weighted by Crippen LogP contribution is 2.35. The average molecular weight is 397 g/mol. The molecular weight excluding hydrogens is 377 g/mol. The van der Waals surface area contributed by atoms with Crippen LogP contribution in [0.2, 0.25) is 5.02 Å². The molecule has 1 atom stereocenters. The van der Waals surface area contributed by atoms with Crippen molar-refractivity contribution < 1.29 is 18.0 Å². The molecule has 1 aliphatic heterocycles. The van der Waals surface area contributed by atoms with Crippen LogP contribution in [0.5, 0.6) is 0 Å². The summed E-state index contributed by atoms with van der Waals surface area (Å²) in [4.78, 5) is 14.7. The van der Waals surface area contributed by atoms with E-state index in [-0.39, 0.29) is 17.5 Å². The molecule has 1 heterocycles. The smallest absolute Gasteiger partial charge is 0.325 e. The van der Waals surface area contributed by atoms with Crippen molar-refractivity contribution in [2.24, 2.45) is 5.92 Å². The molecule has 3 nitrogen and oxygen atoms in total. The fourth-order valence-corrected chi connectivity index (χ4v) is 3.55. The fourth-order valence-electron chi connectivity index (χ4n) is 3.35. The van der Waals surface area contributed by atoms with E-state index in [1.54, 1.807) is 0 Å². The number of rotatable bonds is 4.